The fraction of sp³-hybridized carbons (Fsp3) is 0.429. The van der Waals surface area contributed by atoms with Gasteiger partial charge >= 0.3 is 12.1 Å². The first-order valence-electron chi connectivity index (χ1n) is 9.81. The van der Waals surface area contributed by atoms with Crippen molar-refractivity contribution < 1.29 is 27.5 Å². The molecule has 0 atom stereocenters. The van der Waals surface area contributed by atoms with Gasteiger partial charge in [-0.25, -0.2) is 14.3 Å². The third-order valence-electron chi connectivity index (χ3n) is 4.81. The summed E-state index contributed by atoms with van der Waals surface area (Å²) in [4.78, 5) is 30.2. The van der Waals surface area contributed by atoms with Crippen molar-refractivity contribution in [1.29, 1.82) is 0 Å². The molecule has 3 aromatic heterocycles. The predicted molar refractivity (Wildman–Crippen MR) is 114 cm³/mol. The van der Waals surface area contributed by atoms with Crippen LogP contribution in [-0.2, 0) is 16.3 Å². The summed E-state index contributed by atoms with van der Waals surface area (Å²) in [7, 11) is 0. The van der Waals surface area contributed by atoms with Gasteiger partial charge < -0.3 is 10.1 Å². The van der Waals surface area contributed by atoms with Gasteiger partial charge in [0, 0.05) is 16.4 Å². The van der Waals surface area contributed by atoms with Gasteiger partial charge in [0.1, 0.15) is 10.7 Å². The van der Waals surface area contributed by atoms with Crippen LogP contribution in [0, 0.1) is 13.8 Å². The van der Waals surface area contributed by atoms with E-state index in [1.807, 2.05) is 0 Å². The van der Waals surface area contributed by atoms with E-state index in [-0.39, 0.29) is 34.2 Å². The number of carbonyl (C=O) groups excluding carboxylic acids is 2. The number of nitrogens with one attached hydrogen (secondary N) is 1. The number of carbonyl (C=O) groups is 2. The van der Waals surface area contributed by atoms with Crippen LogP contribution in [0.5, 0.6) is 0 Å². The molecular formula is C21H23F3N4O3S. The smallest absolute Gasteiger partial charge is 0.433 e. The standard InChI is InChI=1S/C21H23F3N4O3S/c1-7-31-19(30)16-10(2)11(3)32-18(16)26-17(29)12-8-15-25-13(20(4,5)6)9-14(21(22,23)24)28(15)27-12/h8-9H,7H2,1-6H3,(H,26,29). The van der Waals surface area contributed by atoms with Crippen molar-refractivity contribution in [3.63, 3.8) is 0 Å². The summed E-state index contributed by atoms with van der Waals surface area (Å²) in [6, 6.07) is 2.13. The number of esters is 1. The van der Waals surface area contributed by atoms with Gasteiger partial charge in [0.25, 0.3) is 5.91 Å². The number of ether oxygens (including phenoxy) is 1. The van der Waals surface area contributed by atoms with E-state index in [0.717, 1.165) is 10.9 Å². The summed E-state index contributed by atoms with van der Waals surface area (Å²) in [5.74, 6) is -1.34. The van der Waals surface area contributed by atoms with E-state index in [1.165, 1.54) is 17.4 Å². The number of anilines is 1. The summed E-state index contributed by atoms with van der Waals surface area (Å²) in [5.41, 5.74) is -0.925. The van der Waals surface area contributed by atoms with Crippen molar-refractivity contribution in [2.45, 2.75) is 53.1 Å². The van der Waals surface area contributed by atoms with Crippen LogP contribution in [0.3, 0.4) is 0 Å². The Balaban J connectivity index is 2.06. The third-order valence-corrected chi connectivity index (χ3v) is 5.93. The van der Waals surface area contributed by atoms with Crippen LogP contribution in [0.15, 0.2) is 12.1 Å². The van der Waals surface area contributed by atoms with Gasteiger partial charge in [0.15, 0.2) is 11.3 Å². The Kier molecular flexibility index (Phi) is 6.07. The largest absolute Gasteiger partial charge is 0.462 e. The number of halogens is 3. The van der Waals surface area contributed by atoms with Crippen molar-refractivity contribution in [3.05, 3.63) is 45.2 Å². The molecule has 0 radical (unpaired) electrons. The SMILES string of the molecule is CCOC(=O)c1c(NC(=O)c2cc3nc(C(C)(C)C)cc(C(F)(F)F)n3n2)sc(C)c1C. The predicted octanol–water partition coefficient (Wildman–Crippen LogP) is 5.15. The number of fused-ring (bicyclic) bond motifs is 1. The molecule has 172 valence electrons. The van der Waals surface area contributed by atoms with Crippen molar-refractivity contribution in [2.75, 3.05) is 11.9 Å². The number of amides is 1. The van der Waals surface area contributed by atoms with Crippen molar-refractivity contribution in [2.24, 2.45) is 0 Å². The third kappa shape index (κ3) is 4.47. The summed E-state index contributed by atoms with van der Waals surface area (Å²) in [6.07, 6.45) is -4.69. The molecule has 0 aromatic carbocycles. The first kappa shape index (κ1) is 23.7. The maximum Gasteiger partial charge on any atom is 0.433 e. The molecule has 0 aliphatic rings. The van der Waals surface area contributed by atoms with E-state index in [4.69, 9.17) is 4.74 Å². The average Bonchev–Trinajstić information content (AvgIpc) is 3.20. The van der Waals surface area contributed by atoms with E-state index >= 15 is 0 Å². The van der Waals surface area contributed by atoms with E-state index in [2.05, 4.69) is 15.4 Å². The Morgan fingerprint density at radius 2 is 1.84 bits per heavy atom. The van der Waals surface area contributed by atoms with E-state index in [1.54, 1.807) is 41.5 Å². The Hall–Kier alpha value is -2.95. The fourth-order valence-corrected chi connectivity index (χ4v) is 4.05. The van der Waals surface area contributed by atoms with Gasteiger partial charge in [-0.05, 0) is 32.4 Å². The van der Waals surface area contributed by atoms with Crippen molar-refractivity contribution in [3.8, 4) is 0 Å². The Morgan fingerprint density at radius 3 is 2.41 bits per heavy atom. The minimum atomic E-state index is -4.69. The average molecular weight is 469 g/mol. The molecule has 32 heavy (non-hydrogen) atoms. The lowest BCUT2D eigenvalue weighted by Gasteiger charge is -2.19. The molecule has 3 aromatic rings. The highest BCUT2D eigenvalue weighted by atomic mass is 32.1. The monoisotopic (exact) mass is 468 g/mol. The second kappa shape index (κ2) is 8.19. The molecule has 0 spiro atoms. The number of rotatable bonds is 4. The van der Waals surface area contributed by atoms with E-state index in [9.17, 15) is 22.8 Å². The Labute approximate surface area is 186 Å². The number of nitrogens with zero attached hydrogens (tertiary/aromatic N) is 3. The first-order chi connectivity index (χ1) is 14.7. The van der Waals surface area contributed by atoms with Gasteiger partial charge in [-0.1, -0.05) is 20.8 Å². The summed E-state index contributed by atoms with van der Waals surface area (Å²) >= 11 is 1.18. The number of aryl methyl sites for hydroxylation is 1. The number of thiophene rings is 1. The van der Waals surface area contributed by atoms with Crippen molar-refractivity contribution in [1.82, 2.24) is 14.6 Å². The normalized spacial score (nSPS) is 12.3. The van der Waals surface area contributed by atoms with Gasteiger partial charge in [-0.2, -0.15) is 18.3 Å². The molecule has 0 saturated heterocycles. The van der Waals surface area contributed by atoms with Crippen LogP contribution in [-0.4, -0.2) is 33.1 Å². The molecular weight excluding hydrogens is 445 g/mol. The maximum atomic E-state index is 13.7. The highest BCUT2D eigenvalue weighted by Gasteiger charge is 2.36. The molecule has 7 nitrogen and oxygen atoms in total. The van der Waals surface area contributed by atoms with Gasteiger partial charge in [-0.3, -0.25) is 4.79 Å². The molecule has 0 unspecified atom stereocenters. The van der Waals surface area contributed by atoms with Crippen LogP contribution < -0.4 is 5.32 Å². The van der Waals surface area contributed by atoms with E-state index in [0.29, 0.717) is 10.1 Å². The van der Waals surface area contributed by atoms with E-state index < -0.39 is 29.2 Å². The molecule has 0 fully saturated rings. The van der Waals surface area contributed by atoms with Gasteiger partial charge in [0.2, 0.25) is 0 Å². The molecule has 0 aliphatic carbocycles. The van der Waals surface area contributed by atoms with Gasteiger partial charge in [-0.15, -0.1) is 11.3 Å². The Morgan fingerprint density at radius 1 is 1.19 bits per heavy atom. The quantitative estimate of drug-likeness (QED) is 0.535. The first-order valence-corrected chi connectivity index (χ1v) is 10.6. The summed E-state index contributed by atoms with van der Waals surface area (Å²) in [5, 5.41) is 6.68. The zero-order valence-corrected chi connectivity index (χ0v) is 19.3. The molecule has 0 aliphatic heterocycles. The Bertz CT molecular complexity index is 1210. The van der Waals surface area contributed by atoms with Gasteiger partial charge in [0.05, 0.1) is 17.9 Å². The lowest BCUT2D eigenvalue weighted by molar-refractivity contribution is -0.142. The molecule has 3 heterocycles. The minimum absolute atomic E-state index is 0.0981. The molecule has 0 saturated carbocycles. The zero-order chi connectivity index (χ0) is 24.0. The topological polar surface area (TPSA) is 85.6 Å². The fourth-order valence-electron chi connectivity index (χ4n) is 3.00. The van der Waals surface area contributed by atoms with Crippen LogP contribution in [0.4, 0.5) is 18.2 Å². The molecule has 1 N–H and O–H groups in total. The van der Waals surface area contributed by atoms with Crippen LogP contribution in [0.1, 0.15) is 70.4 Å². The number of aromatic nitrogens is 3. The maximum absolute atomic E-state index is 13.7. The molecule has 3 rings (SSSR count). The molecule has 1 amide bonds. The second-order valence-electron chi connectivity index (χ2n) is 8.24. The number of hydrogen-bond acceptors (Lipinski definition) is 6. The second-order valence-corrected chi connectivity index (χ2v) is 9.46. The van der Waals surface area contributed by atoms with Crippen LogP contribution >= 0.6 is 11.3 Å². The molecule has 0 bridgehead atoms. The van der Waals surface area contributed by atoms with Crippen LogP contribution in [0.25, 0.3) is 5.65 Å². The zero-order valence-electron chi connectivity index (χ0n) is 18.5. The molecule has 11 heteroatoms. The lowest BCUT2D eigenvalue weighted by Crippen LogP contribution is -2.20. The number of hydrogen-bond donors (Lipinski definition) is 1. The highest BCUT2D eigenvalue weighted by Crippen LogP contribution is 2.34. The summed E-state index contributed by atoms with van der Waals surface area (Å²) in [6.45, 7) is 10.6. The number of alkyl halides is 3. The minimum Gasteiger partial charge on any atom is -0.462 e. The van der Waals surface area contributed by atoms with Crippen molar-refractivity contribution >= 4 is 33.9 Å². The highest BCUT2D eigenvalue weighted by molar-refractivity contribution is 7.16. The summed E-state index contributed by atoms with van der Waals surface area (Å²) < 4.78 is 46.7. The van der Waals surface area contributed by atoms with Crippen LogP contribution in [0.2, 0.25) is 0 Å². The lowest BCUT2D eigenvalue weighted by atomic mass is 9.91.